The van der Waals surface area contributed by atoms with E-state index in [0.29, 0.717) is 6.79 Å². The van der Waals surface area contributed by atoms with Gasteiger partial charge in [-0.25, -0.2) is 4.99 Å². The predicted molar refractivity (Wildman–Crippen MR) is 115 cm³/mol. The van der Waals surface area contributed by atoms with Crippen molar-refractivity contribution in [3.8, 4) is 11.5 Å². The summed E-state index contributed by atoms with van der Waals surface area (Å²) in [5.41, 5.74) is 2.58. The average Bonchev–Trinajstić information content (AvgIpc) is 3.23. The highest BCUT2D eigenvalue weighted by Gasteiger charge is 2.19. The second-order valence-corrected chi connectivity index (χ2v) is 7.37. The smallest absolute Gasteiger partial charge is 0.231 e. The lowest BCUT2D eigenvalue weighted by atomic mass is 10.1. The molecule has 0 aliphatic carbocycles. The van der Waals surface area contributed by atoms with Gasteiger partial charge in [-0.2, -0.15) is 0 Å². The summed E-state index contributed by atoms with van der Waals surface area (Å²) in [6, 6.07) is 6.13. The van der Waals surface area contributed by atoms with E-state index in [-0.39, 0.29) is 0 Å². The minimum atomic E-state index is 0.317. The first-order valence-corrected chi connectivity index (χ1v) is 10.4. The van der Waals surface area contributed by atoms with Crippen molar-refractivity contribution >= 4 is 6.72 Å². The van der Waals surface area contributed by atoms with Gasteiger partial charge in [-0.05, 0) is 58.0 Å². The Kier molecular flexibility index (Phi) is 7.54. The van der Waals surface area contributed by atoms with E-state index in [1.807, 2.05) is 12.1 Å². The van der Waals surface area contributed by atoms with Crippen molar-refractivity contribution in [1.82, 2.24) is 9.80 Å². The molecular formula is C23H33N3O2. The third kappa shape index (κ3) is 5.16. The molecule has 5 heteroatoms. The zero-order valence-corrected chi connectivity index (χ0v) is 17.3. The molecule has 28 heavy (non-hydrogen) atoms. The zero-order chi connectivity index (χ0) is 19.8. The number of hydrogen-bond donors (Lipinski definition) is 0. The molecule has 0 radical (unpaired) electrons. The second-order valence-electron chi connectivity index (χ2n) is 7.37. The Morgan fingerprint density at radius 1 is 1.25 bits per heavy atom. The van der Waals surface area contributed by atoms with Crippen LogP contribution in [0.3, 0.4) is 0 Å². The summed E-state index contributed by atoms with van der Waals surface area (Å²) in [5, 5.41) is 0. The number of hydrogen-bond acceptors (Lipinski definition) is 5. The molecule has 5 nitrogen and oxygen atoms in total. The molecule has 1 saturated heterocycles. The van der Waals surface area contributed by atoms with Crippen molar-refractivity contribution < 1.29 is 9.47 Å². The van der Waals surface area contributed by atoms with Gasteiger partial charge in [-0.3, -0.25) is 4.90 Å². The van der Waals surface area contributed by atoms with Gasteiger partial charge in [0.05, 0.1) is 0 Å². The fourth-order valence-electron chi connectivity index (χ4n) is 3.84. The van der Waals surface area contributed by atoms with E-state index >= 15 is 0 Å². The number of para-hydroxylation sites is 1. The van der Waals surface area contributed by atoms with Crippen LogP contribution in [0.4, 0.5) is 0 Å². The van der Waals surface area contributed by atoms with Crippen LogP contribution in [0, 0.1) is 0 Å². The van der Waals surface area contributed by atoms with E-state index in [2.05, 4.69) is 53.6 Å². The molecule has 0 amide bonds. The molecule has 1 aromatic rings. The fourth-order valence-corrected chi connectivity index (χ4v) is 3.84. The van der Waals surface area contributed by atoms with Gasteiger partial charge >= 0.3 is 0 Å². The number of likely N-dealkylation sites (tertiary alicyclic amines) is 1. The first kappa shape index (κ1) is 20.5. The number of aliphatic imine (C=N–C) groups is 1. The number of allylic oxidation sites excluding steroid dienone is 2. The minimum Gasteiger partial charge on any atom is -0.454 e. The van der Waals surface area contributed by atoms with Crippen molar-refractivity contribution in [3.63, 3.8) is 0 Å². The highest BCUT2D eigenvalue weighted by atomic mass is 16.7. The quantitative estimate of drug-likeness (QED) is 0.461. The van der Waals surface area contributed by atoms with Gasteiger partial charge in [0.25, 0.3) is 0 Å². The minimum absolute atomic E-state index is 0.317. The molecule has 0 bridgehead atoms. The molecule has 1 aromatic carbocycles. The van der Waals surface area contributed by atoms with Crippen LogP contribution in [0.2, 0.25) is 0 Å². The summed E-state index contributed by atoms with van der Waals surface area (Å²) in [5.74, 6) is 2.78. The van der Waals surface area contributed by atoms with Gasteiger partial charge in [0.1, 0.15) is 5.82 Å². The summed E-state index contributed by atoms with van der Waals surface area (Å²) in [4.78, 5) is 9.09. The molecule has 0 aromatic heterocycles. The molecule has 1 fully saturated rings. The highest BCUT2D eigenvalue weighted by molar-refractivity contribution is 5.48. The lowest BCUT2D eigenvalue weighted by Crippen LogP contribution is -2.28. The average molecular weight is 384 g/mol. The summed E-state index contributed by atoms with van der Waals surface area (Å²) in [6.07, 6.45) is 9.19. The van der Waals surface area contributed by atoms with E-state index < -0.39 is 0 Å². The fraction of sp³-hybridized carbons (Fsp3) is 0.522. The Morgan fingerprint density at radius 2 is 2.07 bits per heavy atom. The maximum absolute atomic E-state index is 5.67. The molecule has 2 aliphatic rings. The van der Waals surface area contributed by atoms with Crippen LogP contribution in [0.5, 0.6) is 11.5 Å². The number of rotatable bonds is 9. The summed E-state index contributed by atoms with van der Waals surface area (Å²) in [7, 11) is 0. The predicted octanol–water partition coefficient (Wildman–Crippen LogP) is 4.60. The molecule has 2 heterocycles. The van der Waals surface area contributed by atoms with Crippen LogP contribution in [0.25, 0.3) is 0 Å². The first-order chi connectivity index (χ1) is 13.7. The molecule has 2 aliphatic heterocycles. The molecule has 0 saturated carbocycles. The number of ether oxygens (including phenoxy) is 2. The normalized spacial score (nSPS) is 17.3. The molecule has 0 spiro atoms. The summed E-state index contributed by atoms with van der Waals surface area (Å²) >= 11 is 0. The number of fused-ring (bicyclic) bond motifs is 1. The number of nitrogens with zero attached hydrogens (tertiary/aromatic N) is 3. The van der Waals surface area contributed by atoms with Crippen LogP contribution in [0.1, 0.15) is 45.1 Å². The van der Waals surface area contributed by atoms with E-state index in [0.717, 1.165) is 56.5 Å². The molecule has 0 unspecified atom stereocenters. The molecule has 0 atom stereocenters. The largest absolute Gasteiger partial charge is 0.454 e. The van der Waals surface area contributed by atoms with Gasteiger partial charge in [0.15, 0.2) is 11.5 Å². The highest BCUT2D eigenvalue weighted by Crippen LogP contribution is 2.36. The first-order valence-electron chi connectivity index (χ1n) is 10.4. The van der Waals surface area contributed by atoms with Crippen molar-refractivity contribution in [2.45, 2.75) is 46.1 Å². The SMILES string of the molecule is C=N/C(=C\C/C(=C\C)CN(CC)Cc1cccc2c1OCO2)N1CCCCC1. The maximum Gasteiger partial charge on any atom is 0.231 e. The molecule has 152 valence electrons. The van der Waals surface area contributed by atoms with E-state index in [1.165, 1.54) is 30.4 Å². The van der Waals surface area contributed by atoms with Gasteiger partial charge in [-0.1, -0.05) is 30.7 Å². The number of benzene rings is 1. The Balaban J connectivity index is 1.61. The molecule has 3 rings (SSSR count). The summed E-state index contributed by atoms with van der Waals surface area (Å²) in [6.45, 7) is 13.4. The van der Waals surface area contributed by atoms with Crippen LogP contribution < -0.4 is 9.47 Å². The van der Waals surface area contributed by atoms with Gasteiger partial charge in [0.2, 0.25) is 6.79 Å². The standard InChI is InChI=1S/C23H33N3O2/c1-4-19(12-13-22(24-3)26-14-7-6-8-15-26)16-25(5-2)17-20-10-9-11-21-23(20)28-18-27-21/h4,9-11,13H,3,5-8,12,14-18H2,1-2H3/b19-4+,22-13+. The maximum atomic E-state index is 5.67. The van der Waals surface area contributed by atoms with Crippen molar-refractivity contribution in [3.05, 3.63) is 47.3 Å². The van der Waals surface area contributed by atoms with Crippen molar-refractivity contribution in [2.75, 3.05) is 33.0 Å². The second kappa shape index (κ2) is 10.3. The van der Waals surface area contributed by atoms with Gasteiger partial charge in [0, 0.05) is 31.7 Å². The van der Waals surface area contributed by atoms with Crippen LogP contribution in [-0.2, 0) is 6.54 Å². The lowest BCUT2D eigenvalue weighted by molar-refractivity contribution is 0.172. The van der Waals surface area contributed by atoms with E-state index in [9.17, 15) is 0 Å². The third-order valence-electron chi connectivity index (χ3n) is 5.54. The zero-order valence-electron chi connectivity index (χ0n) is 17.3. The van der Waals surface area contributed by atoms with Crippen molar-refractivity contribution in [1.29, 1.82) is 0 Å². The van der Waals surface area contributed by atoms with Crippen LogP contribution in [-0.4, -0.2) is 49.5 Å². The van der Waals surface area contributed by atoms with E-state index in [4.69, 9.17) is 9.47 Å². The van der Waals surface area contributed by atoms with Crippen molar-refractivity contribution in [2.24, 2.45) is 4.99 Å². The molecule has 0 N–H and O–H groups in total. The number of piperidine rings is 1. The third-order valence-corrected chi connectivity index (χ3v) is 5.54. The van der Waals surface area contributed by atoms with Gasteiger partial charge < -0.3 is 14.4 Å². The Morgan fingerprint density at radius 3 is 2.79 bits per heavy atom. The van der Waals surface area contributed by atoms with Crippen LogP contribution >= 0.6 is 0 Å². The van der Waals surface area contributed by atoms with E-state index in [1.54, 1.807) is 0 Å². The lowest BCUT2D eigenvalue weighted by Gasteiger charge is -2.29. The Hall–Kier alpha value is -2.27. The van der Waals surface area contributed by atoms with Gasteiger partial charge in [-0.15, -0.1) is 0 Å². The molecular weight excluding hydrogens is 350 g/mol. The Bertz CT molecular complexity index is 721. The summed E-state index contributed by atoms with van der Waals surface area (Å²) < 4.78 is 11.2. The van der Waals surface area contributed by atoms with Crippen LogP contribution in [0.15, 0.2) is 46.7 Å². The monoisotopic (exact) mass is 383 g/mol. The number of likely N-dealkylation sites (N-methyl/N-ethyl adjacent to an activating group) is 1. The topological polar surface area (TPSA) is 37.3 Å². The Labute approximate surface area is 169 Å².